The Morgan fingerprint density at radius 1 is 1.09 bits per heavy atom. The summed E-state index contributed by atoms with van der Waals surface area (Å²) in [4.78, 5) is 13.3. The molecule has 1 heterocycles. The summed E-state index contributed by atoms with van der Waals surface area (Å²) in [6, 6.07) is 0. The summed E-state index contributed by atoms with van der Waals surface area (Å²) in [5, 5.41) is 14.5. The number of carbonyl (C=O) groups is 1. The third-order valence-electron chi connectivity index (χ3n) is 15.8. The normalized spacial score (nSPS) is 46.0. The van der Waals surface area contributed by atoms with E-state index in [4.69, 9.17) is 14.2 Å². The van der Waals surface area contributed by atoms with Gasteiger partial charge in [0, 0.05) is 23.5 Å². The van der Waals surface area contributed by atoms with Crippen LogP contribution in [0.15, 0.2) is 11.6 Å². The van der Waals surface area contributed by atoms with Crippen LogP contribution in [0.1, 0.15) is 114 Å². The Labute approximate surface area is 268 Å². The summed E-state index contributed by atoms with van der Waals surface area (Å²) in [6.07, 6.45) is 10.6. The average molecular weight is 616 g/mol. The van der Waals surface area contributed by atoms with Crippen molar-refractivity contribution in [3.8, 4) is 0 Å². The standard InChI is InChI=1S/C38H65NO5/c1-12-37(13-2,39-10)22-44-31-28(42-11)20-38-23-43-21-34(31,7)29(38)15-14-26-27(38)16-17-36(9)30(32(40)41)33(6,25(5)24(3)4)18-19-35(26,36)8/h16,24-26,28-31,39H,12-15,17-23H2,1-11H3,(H,40,41)/t25-,26+,28-,29+,30-,31+,33-,34+,35-,36+,38+/m1/s1. The van der Waals surface area contributed by atoms with Crippen LogP contribution in [0.25, 0.3) is 0 Å². The zero-order valence-corrected chi connectivity index (χ0v) is 30.0. The lowest BCUT2D eigenvalue weighted by molar-refractivity contribution is -0.269. The highest BCUT2D eigenvalue weighted by atomic mass is 16.5. The average Bonchev–Trinajstić information content (AvgIpc) is 2.98. The second-order valence-corrected chi connectivity index (χ2v) is 17.3. The summed E-state index contributed by atoms with van der Waals surface area (Å²) >= 11 is 0. The summed E-state index contributed by atoms with van der Waals surface area (Å²) < 4.78 is 20.0. The zero-order valence-electron chi connectivity index (χ0n) is 30.0. The molecule has 0 aromatic carbocycles. The molecule has 5 aliphatic rings. The molecular weight excluding hydrogens is 550 g/mol. The fourth-order valence-electron chi connectivity index (χ4n) is 12.2. The molecule has 6 nitrogen and oxygen atoms in total. The van der Waals surface area contributed by atoms with Crippen LogP contribution in [-0.4, -0.2) is 62.8 Å². The monoisotopic (exact) mass is 615 g/mol. The van der Waals surface area contributed by atoms with Crippen LogP contribution in [0.4, 0.5) is 0 Å². The number of aliphatic carboxylic acids is 1. The molecule has 0 spiro atoms. The predicted octanol–water partition coefficient (Wildman–Crippen LogP) is 7.75. The quantitative estimate of drug-likeness (QED) is 0.245. The number of hydrogen-bond acceptors (Lipinski definition) is 5. The second kappa shape index (κ2) is 11.6. The lowest BCUT2D eigenvalue weighted by Gasteiger charge is -2.71. The molecule has 6 heteroatoms. The topological polar surface area (TPSA) is 77.0 Å². The molecule has 2 N–H and O–H groups in total. The molecule has 2 bridgehead atoms. The molecule has 44 heavy (non-hydrogen) atoms. The highest BCUT2D eigenvalue weighted by molar-refractivity contribution is 5.73. The van der Waals surface area contributed by atoms with E-state index in [9.17, 15) is 9.90 Å². The van der Waals surface area contributed by atoms with Crippen LogP contribution >= 0.6 is 0 Å². The number of nitrogens with one attached hydrogen (secondary N) is 1. The van der Waals surface area contributed by atoms with E-state index in [0.717, 1.165) is 58.0 Å². The van der Waals surface area contributed by atoms with E-state index in [-0.39, 0.29) is 50.7 Å². The SMILES string of the molecule is CCC(CC)(CO[C@H]1[C@H](OC)C[C@@]23COC[C@@]1(C)[C@@H]2CC[C@H]1C3=CC[C@@]2(C)[C@H](C(=O)O)[C@@](C)([C@H](C)C(C)C)CC[C@]12C)NC. The fraction of sp³-hybridized carbons (Fsp3) is 0.921. The third-order valence-corrected chi connectivity index (χ3v) is 15.8. The van der Waals surface area contributed by atoms with Gasteiger partial charge >= 0.3 is 5.97 Å². The largest absolute Gasteiger partial charge is 0.481 e. The number of methoxy groups -OCH3 is 1. The van der Waals surface area contributed by atoms with Gasteiger partial charge in [-0.05, 0) is 98.3 Å². The predicted molar refractivity (Wildman–Crippen MR) is 176 cm³/mol. The Bertz CT molecular complexity index is 1110. The van der Waals surface area contributed by atoms with Crippen molar-refractivity contribution in [2.24, 2.45) is 56.7 Å². The molecule has 1 saturated heterocycles. The van der Waals surface area contributed by atoms with E-state index < -0.39 is 5.97 Å². The second-order valence-electron chi connectivity index (χ2n) is 17.3. The molecule has 0 aromatic rings. The molecule has 4 fully saturated rings. The maximum Gasteiger partial charge on any atom is 0.307 e. The number of hydrogen-bond donors (Lipinski definition) is 2. The van der Waals surface area contributed by atoms with Gasteiger partial charge in [0.15, 0.2) is 0 Å². The van der Waals surface area contributed by atoms with Crippen LogP contribution in [0.2, 0.25) is 0 Å². The molecule has 4 aliphatic carbocycles. The minimum absolute atomic E-state index is 0.00232. The van der Waals surface area contributed by atoms with Gasteiger partial charge in [-0.2, -0.15) is 0 Å². The molecule has 11 atom stereocenters. The minimum atomic E-state index is -0.598. The van der Waals surface area contributed by atoms with E-state index in [1.807, 2.05) is 7.11 Å². The summed E-state index contributed by atoms with van der Waals surface area (Å²) in [5.41, 5.74) is 0.699. The summed E-state index contributed by atoms with van der Waals surface area (Å²) in [5.74, 6) is 0.667. The lowest BCUT2D eigenvalue weighted by atomic mass is 9.34. The molecule has 0 amide bonds. The number of ether oxygens (including phenoxy) is 3. The maximum absolute atomic E-state index is 13.3. The van der Waals surface area contributed by atoms with Gasteiger partial charge in [-0.3, -0.25) is 4.79 Å². The lowest BCUT2D eigenvalue weighted by Crippen LogP contribution is -2.70. The van der Waals surface area contributed by atoms with Crippen LogP contribution < -0.4 is 5.32 Å². The van der Waals surface area contributed by atoms with E-state index in [0.29, 0.717) is 36.9 Å². The Morgan fingerprint density at radius 3 is 2.34 bits per heavy atom. The van der Waals surface area contributed by atoms with Crippen LogP contribution in [-0.2, 0) is 19.0 Å². The van der Waals surface area contributed by atoms with E-state index >= 15 is 0 Å². The van der Waals surface area contributed by atoms with Crippen molar-refractivity contribution in [3.05, 3.63) is 11.6 Å². The van der Waals surface area contributed by atoms with E-state index in [1.165, 1.54) is 0 Å². The van der Waals surface area contributed by atoms with Gasteiger partial charge in [-0.25, -0.2) is 0 Å². The molecule has 0 radical (unpaired) electrons. The van der Waals surface area contributed by atoms with Crippen molar-refractivity contribution >= 4 is 5.97 Å². The molecular formula is C38H65NO5. The van der Waals surface area contributed by atoms with E-state index in [1.54, 1.807) is 5.57 Å². The van der Waals surface area contributed by atoms with Gasteiger partial charge in [0.25, 0.3) is 0 Å². The summed E-state index contributed by atoms with van der Waals surface area (Å²) in [7, 11) is 3.92. The van der Waals surface area contributed by atoms with Gasteiger partial charge < -0.3 is 24.6 Å². The number of carboxylic acids is 1. The van der Waals surface area contributed by atoms with Crippen molar-refractivity contribution in [1.29, 1.82) is 0 Å². The zero-order chi connectivity index (χ0) is 32.5. The Kier molecular flexibility index (Phi) is 9.09. The first kappa shape index (κ1) is 34.4. The van der Waals surface area contributed by atoms with Crippen molar-refractivity contribution in [1.82, 2.24) is 5.32 Å². The van der Waals surface area contributed by atoms with Gasteiger partial charge in [-0.1, -0.05) is 74.0 Å². The first-order chi connectivity index (χ1) is 20.6. The van der Waals surface area contributed by atoms with Gasteiger partial charge in [0.05, 0.1) is 37.9 Å². The highest BCUT2D eigenvalue weighted by Gasteiger charge is 2.71. The third kappa shape index (κ3) is 4.57. The van der Waals surface area contributed by atoms with Crippen molar-refractivity contribution < 1.29 is 24.1 Å². The van der Waals surface area contributed by atoms with Crippen molar-refractivity contribution in [3.63, 3.8) is 0 Å². The Balaban J connectivity index is 1.54. The first-order valence-corrected chi connectivity index (χ1v) is 17.9. The molecule has 252 valence electrons. The number of rotatable bonds is 10. The molecule has 5 rings (SSSR count). The van der Waals surface area contributed by atoms with Crippen molar-refractivity contribution in [2.75, 3.05) is 34.0 Å². The maximum atomic E-state index is 13.3. The number of carboxylic acid groups (broad SMARTS) is 1. The number of likely N-dealkylation sites (N-methyl/N-ethyl adjacent to an activating group) is 1. The van der Waals surface area contributed by atoms with Gasteiger partial charge in [-0.15, -0.1) is 0 Å². The number of fused-ring (bicyclic) bond motifs is 3. The van der Waals surface area contributed by atoms with Crippen LogP contribution in [0.5, 0.6) is 0 Å². The van der Waals surface area contributed by atoms with Crippen LogP contribution in [0, 0.1) is 56.7 Å². The number of allylic oxidation sites excluding steroid dienone is 1. The first-order valence-electron chi connectivity index (χ1n) is 17.9. The van der Waals surface area contributed by atoms with E-state index in [2.05, 4.69) is 80.8 Å². The van der Waals surface area contributed by atoms with Crippen molar-refractivity contribution in [2.45, 2.75) is 131 Å². The summed E-state index contributed by atoms with van der Waals surface area (Å²) in [6.45, 7) is 22.9. The molecule has 0 unspecified atom stereocenters. The Hall–Kier alpha value is -0.950. The Morgan fingerprint density at radius 2 is 1.77 bits per heavy atom. The smallest absolute Gasteiger partial charge is 0.307 e. The molecule has 3 saturated carbocycles. The van der Waals surface area contributed by atoms with Gasteiger partial charge in [0.1, 0.15) is 0 Å². The molecule has 0 aromatic heterocycles. The highest BCUT2D eigenvalue weighted by Crippen LogP contribution is 2.75. The fourth-order valence-corrected chi connectivity index (χ4v) is 12.2. The van der Waals surface area contributed by atoms with Gasteiger partial charge in [0.2, 0.25) is 0 Å². The van der Waals surface area contributed by atoms with Crippen LogP contribution in [0.3, 0.4) is 0 Å². The minimum Gasteiger partial charge on any atom is -0.481 e. The molecule has 1 aliphatic heterocycles.